The first kappa shape index (κ1) is 16.7. The summed E-state index contributed by atoms with van der Waals surface area (Å²) >= 11 is 5.19. The number of thiocarbonyl (C=S) groups is 1. The summed E-state index contributed by atoms with van der Waals surface area (Å²) in [7, 11) is -2.92. The van der Waals surface area contributed by atoms with Gasteiger partial charge in [-0.2, -0.15) is 0 Å². The van der Waals surface area contributed by atoms with Crippen molar-refractivity contribution in [1.29, 1.82) is 0 Å². The quantitative estimate of drug-likeness (QED) is 0.601. The molecule has 1 amide bonds. The molecule has 3 N–H and O–H groups in total. The zero-order valence-corrected chi connectivity index (χ0v) is 13.9. The molecule has 0 unspecified atom stereocenters. The largest absolute Gasteiger partial charge is 0.392 e. The van der Waals surface area contributed by atoms with Gasteiger partial charge >= 0.3 is 0 Å². The maximum atomic E-state index is 12.7. The predicted molar refractivity (Wildman–Crippen MR) is 86.7 cm³/mol. The first-order valence-corrected chi connectivity index (χ1v) is 9.90. The lowest BCUT2D eigenvalue weighted by Crippen LogP contribution is -2.52. The second kappa shape index (κ2) is 6.60. The number of nitrogens with one attached hydrogen (secondary N) is 1. The Morgan fingerprint density at radius 2 is 1.62 bits per heavy atom. The second-order valence-electron chi connectivity index (χ2n) is 6.26. The molecule has 0 aromatic rings. The zero-order valence-electron chi connectivity index (χ0n) is 12.3. The van der Waals surface area contributed by atoms with Crippen molar-refractivity contribution < 1.29 is 13.2 Å². The summed E-state index contributed by atoms with van der Waals surface area (Å²) in [4.78, 5) is 13.0. The highest BCUT2D eigenvalue weighted by Crippen LogP contribution is 2.36. The van der Waals surface area contributed by atoms with Crippen molar-refractivity contribution in [1.82, 2.24) is 5.32 Å². The monoisotopic (exact) mass is 332 g/mol. The molecule has 0 spiro atoms. The topological polar surface area (TPSA) is 89.3 Å². The van der Waals surface area contributed by atoms with Crippen molar-refractivity contribution in [3.8, 4) is 0 Å². The average Bonchev–Trinajstić information content (AvgIpc) is 2.68. The van der Waals surface area contributed by atoms with Crippen LogP contribution in [0, 0.1) is 5.41 Å². The Balaban J connectivity index is 2.04. The molecule has 0 atom stereocenters. The molecular weight excluding hydrogens is 308 g/mol. The van der Waals surface area contributed by atoms with Crippen LogP contribution in [0.2, 0.25) is 0 Å². The maximum Gasteiger partial charge on any atom is 0.233 e. The van der Waals surface area contributed by atoms with E-state index in [1.165, 1.54) is 0 Å². The van der Waals surface area contributed by atoms with E-state index < -0.39 is 15.3 Å². The number of hydrogen-bond acceptors (Lipinski definition) is 4. The third-order valence-electron chi connectivity index (χ3n) is 4.75. The smallest absolute Gasteiger partial charge is 0.233 e. The fourth-order valence-corrected chi connectivity index (χ4v) is 5.06. The van der Waals surface area contributed by atoms with Gasteiger partial charge in [-0.3, -0.25) is 4.79 Å². The average molecular weight is 332 g/mol. The van der Waals surface area contributed by atoms with E-state index in [0.29, 0.717) is 25.7 Å². The number of carbonyl (C=O) groups excluding carboxylic acids is 1. The van der Waals surface area contributed by atoms with Crippen LogP contribution in [-0.2, 0) is 14.6 Å². The molecule has 0 aromatic heterocycles. The molecule has 0 aromatic carbocycles. The molecule has 0 bridgehead atoms. The van der Waals surface area contributed by atoms with Crippen molar-refractivity contribution >= 4 is 33.0 Å². The lowest BCUT2D eigenvalue weighted by molar-refractivity contribution is -0.128. The summed E-state index contributed by atoms with van der Waals surface area (Å²) in [6, 6.07) is -0.0736. The molecule has 2 rings (SSSR count). The summed E-state index contributed by atoms with van der Waals surface area (Å²) in [6.07, 6.45) is 6.54. The minimum Gasteiger partial charge on any atom is -0.392 e. The maximum absolute atomic E-state index is 12.7. The van der Waals surface area contributed by atoms with Crippen LogP contribution < -0.4 is 11.1 Å². The van der Waals surface area contributed by atoms with Gasteiger partial charge in [0.2, 0.25) is 5.91 Å². The van der Waals surface area contributed by atoms with Crippen LogP contribution in [0.25, 0.3) is 0 Å². The molecule has 7 heteroatoms. The van der Waals surface area contributed by atoms with Crippen LogP contribution in [0.15, 0.2) is 0 Å². The number of amides is 1. The molecule has 120 valence electrons. The number of rotatable bonds is 3. The normalized spacial score (nSPS) is 25.7. The third kappa shape index (κ3) is 3.94. The fraction of sp³-hybridized carbons (Fsp3) is 0.857. The van der Waals surface area contributed by atoms with Crippen LogP contribution in [0.3, 0.4) is 0 Å². The van der Waals surface area contributed by atoms with Crippen molar-refractivity contribution in [3.63, 3.8) is 0 Å². The van der Waals surface area contributed by atoms with E-state index in [2.05, 4.69) is 5.32 Å². The van der Waals surface area contributed by atoms with Gasteiger partial charge in [0, 0.05) is 6.04 Å². The molecule has 1 aliphatic heterocycles. The van der Waals surface area contributed by atoms with Gasteiger partial charge in [0.15, 0.2) is 0 Å². The first-order chi connectivity index (χ1) is 9.86. The molecule has 5 nitrogen and oxygen atoms in total. The van der Waals surface area contributed by atoms with Crippen LogP contribution in [0.1, 0.15) is 51.4 Å². The van der Waals surface area contributed by atoms with E-state index in [-0.39, 0.29) is 28.4 Å². The Hall–Kier alpha value is -0.690. The predicted octanol–water partition coefficient (Wildman–Crippen LogP) is 1.31. The van der Waals surface area contributed by atoms with E-state index in [1.807, 2.05) is 0 Å². The molecule has 2 aliphatic rings. The molecule has 1 heterocycles. The van der Waals surface area contributed by atoms with Gasteiger partial charge in [0.05, 0.1) is 21.9 Å². The van der Waals surface area contributed by atoms with Crippen molar-refractivity contribution in [2.45, 2.75) is 57.4 Å². The van der Waals surface area contributed by atoms with Gasteiger partial charge in [-0.25, -0.2) is 8.42 Å². The molecule has 1 saturated carbocycles. The summed E-state index contributed by atoms with van der Waals surface area (Å²) in [5.41, 5.74) is 5.16. The number of sulfone groups is 1. The van der Waals surface area contributed by atoms with E-state index in [0.717, 1.165) is 25.7 Å². The summed E-state index contributed by atoms with van der Waals surface area (Å²) in [5.74, 6) is 0.206. The van der Waals surface area contributed by atoms with Gasteiger partial charge in [0.1, 0.15) is 9.84 Å². The van der Waals surface area contributed by atoms with E-state index >= 15 is 0 Å². The number of nitrogens with two attached hydrogens (primary N) is 1. The highest BCUT2D eigenvalue weighted by atomic mass is 32.2. The van der Waals surface area contributed by atoms with Crippen molar-refractivity contribution in [2.24, 2.45) is 11.1 Å². The Morgan fingerprint density at radius 3 is 2.10 bits per heavy atom. The lowest BCUT2D eigenvalue weighted by Gasteiger charge is -2.33. The SMILES string of the molecule is NC(=S)C1(C(=O)NC2CCS(=O)(=O)CC2)CCCCCC1. The van der Waals surface area contributed by atoms with Crippen molar-refractivity contribution in [2.75, 3.05) is 11.5 Å². The minimum atomic E-state index is -2.92. The van der Waals surface area contributed by atoms with Gasteiger partial charge in [0.25, 0.3) is 0 Å². The van der Waals surface area contributed by atoms with Crippen molar-refractivity contribution in [3.05, 3.63) is 0 Å². The Morgan fingerprint density at radius 1 is 1.10 bits per heavy atom. The number of hydrogen-bond donors (Lipinski definition) is 2. The summed E-state index contributed by atoms with van der Waals surface area (Å²) in [6.45, 7) is 0. The Labute approximate surface area is 132 Å². The van der Waals surface area contributed by atoms with Gasteiger partial charge in [-0.15, -0.1) is 0 Å². The molecule has 1 aliphatic carbocycles. The Bertz CT molecular complexity index is 494. The molecule has 1 saturated heterocycles. The van der Waals surface area contributed by atoms with Gasteiger partial charge in [-0.1, -0.05) is 37.9 Å². The lowest BCUT2D eigenvalue weighted by atomic mass is 9.79. The second-order valence-corrected chi connectivity index (χ2v) is 9.00. The minimum absolute atomic E-state index is 0.0736. The van der Waals surface area contributed by atoms with Crippen LogP contribution >= 0.6 is 12.2 Å². The van der Waals surface area contributed by atoms with Gasteiger partial charge < -0.3 is 11.1 Å². The highest BCUT2D eigenvalue weighted by Gasteiger charge is 2.42. The van der Waals surface area contributed by atoms with Crippen LogP contribution in [0.4, 0.5) is 0 Å². The molecule has 21 heavy (non-hydrogen) atoms. The number of carbonyl (C=O) groups is 1. The van der Waals surface area contributed by atoms with E-state index in [4.69, 9.17) is 18.0 Å². The summed E-state index contributed by atoms with van der Waals surface area (Å²) in [5, 5.41) is 3.01. The molecule has 0 radical (unpaired) electrons. The first-order valence-electron chi connectivity index (χ1n) is 7.67. The standard InChI is InChI=1S/C14H24N2O3S2/c15-12(20)14(7-3-1-2-4-8-14)13(17)16-11-5-9-21(18,19)10-6-11/h11H,1-10H2,(H2,15,20)(H,16,17). The highest BCUT2D eigenvalue weighted by molar-refractivity contribution is 7.91. The third-order valence-corrected chi connectivity index (χ3v) is 6.86. The Kier molecular flexibility index (Phi) is 5.24. The fourth-order valence-electron chi connectivity index (χ4n) is 3.28. The van der Waals surface area contributed by atoms with Crippen LogP contribution in [0.5, 0.6) is 0 Å². The molecular formula is C14H24N2O3S2. The van der Waals surface area contributed by atoms with E-state index in [1.54, 1.807) is 0 Å². The van der Waals surface area contributed by atoms with Gasteiger partial charge in [-0.05, 0) is 25.7 Å². The zero-order chi connectivity index (χ0) is 15.5. The molecule has 2 fully saturated rings. The van der Waals surface area contributed by atoms with E-state index in [9.17, 15) is 13.2 Å². The summed E-state index contributed by atoms with van der Waals surface area (Å²) < 4.78 is 22.9. The van der Waals surface area contributed by atoms with Crippen LogP contribution in [-0.4, -0.2) is 36.9 Å².